The lowest BCUT2D eigenvalue weighted by Gasteiger charge is -2.33. The molecule has 0 atom stereocenters. The van der Waals surface area contributed by atoms with Crippen molar-refractivity contribution in [3.63, 3.8) is 0 Å². The fraction of sp³-hybridized carbons (Fsp3) is 0.500. The molecule has 2 aromatic rings. The second-order valence-electron chi connectivity index (χ2n) is 8.83. The molecule has 0 unspecified atom stereocenters. The van der Waals surface area contributed by atoms with Crippen LogP contribution in [0.3, 0.4) is 0 Å². The van der Waals surface area contributed by atoms with Crippen LogP contribution in [-0.4, -0.2) is 61.6 Å². The van der Waals surface area contributed by atoms with Gasteiger partial charge in [-0.25, -0.2) is 0 Å². The third-order valence-corrected chi connectivity index (χ3v) is 6.55. The Morgan fingerprint density at radius 1 is 0.938 bits per heavy atom. The number of nitrogens with one attached hydrogen (secondary N) is 2. The number of rotatable bonds is 7. The van der Waals surface area contributed by atoms with Gasteiger partial charge in [-0.15, -0.1) is 24.0 Å². The van der Waals surface area contributed by atoms with Gasteiger partial charge >= 0.3 is 0 Å². The van der Waals surface area contributed by atoms with E-state index in [1.54, 1.807) is 0 Å². The maximum Gasteiger partial charge on any atom is 0.191 e. The number of aliphatic imine (C=N–C) groups is 1. The summed E-state index contributed by atoms with van der Waals surface area (Å²) in [5, 5.41) is 7.17. The molecule has 0 saturated carbocycles. The van der Waals surface area contributed by atoms with Crippen molar-refractivity contribution in [3.05, 3.63) is 71.3 Å². The lowest BCUT2D eigenvalue weighted by atomic mass is 10.00. The summed E-state index contributed by atoms with van der Waals surface area (Å²) in [5.74, 6) is 0.950. The highest BCUT2D eigenvalue weighted by molar-refractivity contribution is 14.0. The van der Waals surface area contributed by atoms with Crippen LogP contribution in [0.25, 0.3) is 0 Å². The fourth-order valence-corrected chi connectivity index (χ4v) is 4.72. The minimum Gasteiger partial charge on any atom is -0.356 e. The van der Waals surface area contributed by atoms with E-state index >= 15 is 0 Å². The number of guanidine groups is 1. The Hall–Kier alpha value is -1.64. The molecular weight excluding hydrogens is 509 g/mol. The quantitative estimate of drug-likeness (QED) is 0.239. The second-order valence-corrected chi connectivity index (χ2v) is 8.83. The number of fused-ring (bicyclic) bond motifs is 1. The number of halogens is 1. The maximum absolute atomic E-state index is 4.45. The van der Waals surface area contributed by atoms with Crippen LogP contribution in [0.4, 0.5) is 0 Å². The Morgan fingerprint density at radius 3 is 2.41 bits per heavy atom. The molecule has 2 aliphatic heterocycles. The van der Waals surface area contributed by atoms with Crippen molar-refractivity contribution in [2.45, 2.75) is 44.8 Å². The molecule has 0 spiro atoms. The van der Waals surface area contributed by atoms with Gasteiger partial charge in [-0.2, -0.15) is 0 Å². The van der Waals surface area contributed by atoms with Crippen molar-refractivity contribution < 1.29 is 0 Å². The van der Waals surface area contributed by atoms with Crippen LogP contribution in [0, 0.1) is 0 Å². The van der Waals surface area contributed by atoms with Gasteiger partial charge in [-0.1, -0.05) is 54.6 Å². The SMILES string of the molecule is CN=C(NCCCN1CCc2ccccc2C1)NC1CCN(Cc2ccccc2)CC1.I. The molecular formula is C26H38IN5. The number of benzene rings is 2. The van der Waals surface area contributed by atoms with Gasteiger partial charge in [0.15, 0.2) is 5.96 Å². The highest BCUT2D eigenvalue weighted by Gasteiger charge is 2.20. The topological polar surface area (TPSA) is 42.9 Å². The van der Waals surface area contributed by atoms with Crippen molar-refractivity contribution in [2.24, 2.45) is 4.99 Å². The minimum absolute atomic E-state index is 0. The van der Waals surface area contributed by atoms with E-state index < -0.39 is 0 Å². The van der Waals surface area contributed by atoms with Crippen LogP contribution in [0.2, 0.25) is 0 Å². The average molecular weight is 548 g/mol. The van der Waals surface area contributed by atoms with Crippen molar-refractivity contribution in [1.29, 1.82) is 0 Å². The Bertz CT molecular complexity index is 833. The highest BCUT2D eigenvalue weighted by atomic mass is 127. The molecule has 2 heterocycles. The Balaban J connectivity index is 0.00000289. The summed E-state index contributed by atoms with van der Waals surface area (Å²) in [6, 6.07) is 20.2. The molecule has 5 nitrogen and oxygen atoms in total. The number of hydrogen-bond acceptors (Lipinski definition) is 3. The van der Waals surface area contributed by atoms with Gasteiger partial charge in [0.25, 0.3) is 0 Å². The largest absolute Gasteiger partial charge is 0.356 e. The summed E-state index contributed by atoms with van der Waals surface area (Å²) in [4.78, 5) is 9.58. The van der Waals surface area contributed by atoms with Crippen LogP contribution in [0.15, 0.2) is 59.6 Å². The number of hydrogen-bond donors (Lipinski definition) is 2. The number of likely N-dealkylation sites (tertiary alicyclic amines) is 1. The fourth-order valence-electron chi connectivity index (χ4n) is 4.72. The second kappa shape index (κ2) is 13.2. The first-order chi connectivity index (χ1) is 15.3. The normalized spacial score (nSPS) is 18.0. The Kier molecular flexibility index (Phi) is 10.3. The summed E-state index contributed by atoms with van der Waals surface area (Å²) in [6.07, 6.45) is 4.65. The molecule has 2 aliphatic rings. The Labute approximate surface area is 210 Å². The molecule has 174 valence electrons. The van der Waals surface area contributed by atoms with Crippen LogP contribution in [0.1, 0.15) is 36.0 Å². The van der Waals surface area contributed by atoms with Gasteiger partial charge in [0, 0.05) is 58.9 Å². The summed E-state index contributed by atoms with van der Waals surface area (Å²) in [5.41, 5.74) is 4.43. The molecule has 1 saturated heterocycles. The van der Waals surface area contributed by atoms with Gasteiger partial charge < -0.3 is 10.6 Å². The minimum atomic E-state index is 0. The summed E-state index contributed by atoms with van der Waals surface area (Å²) < 4.78 is 0. The molecule has 32 heavy (non-hydrogen) atoms. The van der Waals surface area contributed by atoms with Crippen molar-refractivity contribution in [2.75, 3.05) is 39.8 Å². The molecule has 0 aromatic heterocycles. The zero-order chi connectivity index (χ0) is 21.3. The van der Waals surface area contributed by atoms with Gasteiger partial charge in [-0.3, -0.25) is 14.8 Å². The molecule has 0 amide bonds. The van der Waals surface area contributed by atoms with Gasteiger partial charge in [0.05, 0.1) is 0 Å². The van der Waals surface area contributed by atoms with Crippen LogP contribution < -0.4 is 10.6 Å². The first-order valence-corrected chi connectivity index (χ1v) is 11.8. The molecule has 0 bridgehead atoms. The third kappa shape index (κ3) is 7.46. The Morgan fingerprint density at radius 2 is 1.66 bits per heavy atom. The van der Waals surface area contributed by atoms with Crippen LogP contribution >= 0.6 is 24.0 Å². The third-order valence-electron chi connectivity index (χ3n) is 6.55. The standard InChI is InChI=1S/C26H37N5.HI/c1-27-26(28-15-7-16-30-17-12-23-10-5-6-11-24(23)21-30)29-25-13-18-31(19-14-25)20-22-8-3-2-4-9-22;/h2-6,8-11,25H,7,12-21H2,1H3,(H2,27,28,29);1H. The van der Waals surface area contributed by atoms with E-state index in [1.165, 1.54) is 42.5 Å². The van der Waals surface area contributed by atoms with E-state index in [2.05, 4.69) is 80.0 Å². The predicted molar refractivity (Wildman–Crippen MR) is 145 cm³/mol. The van der Waals surface area contributed by atoms with E-state index in [9.17, 15) is 0 Å². The van der Waals surface area contributed by atoms with Gasteiger partial charge in [0.2, 0.25) is 0 Å². The summed E-state index contributed by atoms with van der Waals surface area (Å²) >= 11 is 0. The summed E-state index contributed by atoms with van der Waals surface area (Å²) in [7, 11) is 1.88. The van der Waals surface area contributed by atoms with Crippen molar-refractivity contribution in [1.82, 2.24) is 20.4 Å². The van der Waals surface area contributed by atoms with Gasteiger partial charge in [0.1, 0.15) is 0 Å². The zero-order valence-corrected chi connectivity index (χ0v) is 21.6. The van der Waals surface area contributed by atoms with E-state index in [4.69, 9.17) is 0 Å². The average Bonchev–Trinajstić information content (AvgIpc) is 2.82. The molecule has 0 radical (unpaired) electrons. The molecule has 1 fully saturated rings. The van der Waals surface area contributed by atoms with Crippen molar-refractivity contribution in [3.8, 4) is 0 Å². The molecule has 4 rings (SSSR count). The molecule has 0 aliphatic carbocycles. The van der Waals surface area contributed by atoms with E-state index in [1.807, 2.05) is 7.05 Å². The first-order valence-electron chi connectivity index (χ1n) is 11.8. The molecule has 2 N–H and O–H groups in total. The zero-order valence-electron chi connectivity index (χ0n) is 19.3. The lowest BCUT2D eigenvalue weighted by Crippen LogP contribution is -2.48. The smallest absolute Gasteiger partial charge is 0.191 e. The first kappa shape index (κ1) is 25.0. The lowest BCUT2D eigenvalue weighted by molar-refractivity contribution is 0.198. The van der Waals surface area contributed by atoms with Crippen molar-refractivity contribution >= 4 is 29.9 Å². The highest BCUT2D eigenvalue weighted by Crippen LogP contribution is 2.18. The van der Waals surface area contributed by atoms with E-state index in [0.717, 1.165) is 51.6 Å². The van der Waals surface area contributed by atoms with Crippen LogP contribution in [0.5, 0.6) is 0 Å². The van der Waals surface area contributed by atoms with Crippen LogP contribution in [-0.2, 0) is 19.5 Å². The number of piperidine rings is 1. The monoisotopic (exact) mass is 547 g/mol. The molecule has 6 heteroatoms. The maximum atomic E-state index is 4.45. The van der Waals surface area contributed by atoms with Gasteiger partial charge in [-0.05, 0) is 42.4 Å². The predicted octanol–water partition coefficient (Wildman–Crippen LogP) is 3.88. The molecule has 2 aromatic carbocycles. The number of nitrogens with zero attached hydrogens (tertiary/aromatic N) is 3. The summed E-state index contributed by atoms with van der Waals surface area (Å²) in [6.45, 7) is 7.69. The van der Waals surface area contributed by atoms with E-state index in [0.29, 0.717) is 6.04 Å². The van der Waals surface area contributed by atoms with E-state index in [-0.39, 0.29) is 24.0 Å².